The average molecular weight is 254 g/mol. The monoisotopic (exact) mass is 254 g/mol. The van der Waals surface area contributed by atoms with Crippen LogP contribution in [0.15, 0.2) is 24.3 Å². The summed E-state index contributed by atoms with van der Waals surface area (Å²) < 4.78 is 10.1. The fourth-order valence-electron chi connectivity index (χ4n) is 1.72. The van der Waals surface area contributed by atoms with E-state index in [0.717, 1.165) is 37.4 Å². The van der Waals surface area contributed by atoms with Crippen LogP contribution in [0.3, 0.4) is 0 Å². The zero-order valence-corrected chi connectivity index (χ0v) is 10.8. The molecule has 1 heterocycles. The van der Waals surface area contributed by atoms with E-state index in [2.05, 4.69) is 0 Å². The highest BCUT2D eigenvalue weighted by atomic mass is 16.5. The molecule has 0 saturated carbocycles. The molecule has 4 heteroatoms. The first-order valence-electron chi connectivity index (χ1n) is 6.26. The third-order valence-electron chi connectivity index (χ3n) is 2.76. The number of rotatable bonds is 3. The van der Waals surface area contributed by atoms with Crippen LogP contribution in [0.1, 0.15) is 18.4 Å². The third-order valence-corrected chi connectivity index (χ3v) is 2.76. The van der Waals surface area contributed by atoms with Crippen LogP contribution in [0.5, 0.6) is 5.75 Å². The van der Waals surface area contributed by atoms with Gasteiger partial charge in [-0.1, -0.05) is 18.2 Å². The molecule has 0 aliphatic carbocycles. The molecule has 0 aromatic heterocycles. The van der Waals surface area contributed by atoms with Gasteiger partial charge in [-0.25, -0.2) is 0 Å². The lowest BCUT2D eigenvalue weighted by Crippen LogP contribution is -2.19. The minimum absolute atomic E-state index is 0.0891. The molecule has 102 valence electrons. The van der Waals surface area contributed by atoms with Crippen LogP contribution in [-0.2, 0) is 11.2 Å². The van der Waals surface area contributed by atoms with Gasteiger partial charge in [0.25, 0.3) is 0 Å². The number of benzene rings is 1. The standard InChI is InChI=1S/C9H12O2.C5H10O2/c1-11-9-5-3-2-4-8(9)6-7-10;6-5-1-3-7-4-2-5/h2-5,10H,6-7H2,1H3;5-6H,1-4H2. The van der Waals surface area contributed by atoms with Gasteiger partial charge in [0.1, 0.15) is 5.75 Å². The van der Waals surface area contributed by atoms with Crippen LogP contribution in [0.4, 0.5) is 0 Å². The van der Waals surface area contributed by atoms with E-state index < -0.39 is 0 Å². The fraction of sp³-hybridized carbons (Fsp3) is 0.571. The highest BCUT2D eigenvalue weighted by molar-refractivity contribution is 5.33. The number of methoxy groups -OCH3 is 1. The number of hydrogen-bond acceptors (Lipinski definition) is 4. The van der Waals surface area contributed by atoms with Gasteiger partial charge in [-0.05, 0) is 30.9 Å². The van der Waals surface area contributed by atoms with E-state index >= 15 is 0 Å². The lowest BCUT2D eigenvalue weighted by molar-refractivity contribution is 0.0140. The number of hydrogen-bond donors (Lipinski definition) is 2. The van der Waals surface area contributed by atoms with E-state index in [9.17, 15) is 0 Å². The Balaban J connectivity index is 0.000000199. The maximum atomic E-state index is 8.83. The van der Waals surface area contributed by atoms with Gasteiger partial charge in [0.2, 0.25) is 0 Å². The molecule has 0 unspecified atom stereocenters. The maximum absolute atomic E-state index is 8.83. The molecular formula is C14H22O4. The second-order valence-electron chi connectivity index (χ2n) is 4.13. The van der Waals surface area contributed by atoms with Crippen LogP contribution >= 0.6 is 0 Å². The molecule has 4 nitrogen and oxygen atoms in total. The highest BCUT2D eigenvalue weighted by Gasteiger charge is 2.07. The Morgan fingerprint density at radius 3 is 2.44 bits per heavy atom. The van der Waals surface area contributed by atoms with Crippen LogP contribution in [0.25, 0.3) is 0 Å². The molecule has 0 spiro atoms. The van der Waals surface area contributed by atoms with Crippen molar-refractivity contribution >= 4 is 0 Å². The molecule has 1 aliphatic rings. The van der Waals surface area contributed by atoms with E-state index in [-0.39, 0.29) is 12.7 Å². The predicted molar refractivity (Wildman–Crippen MR) is 69.8 cm³/mol. The molecule has 18 heavy (non-hydrogen) atoms. The van der Waals surface area contributed by atoms with Crippen molar-refractivity contribution in [2.45, 2.75) is 25.4 Å². The average Bonchev–Trinajstić information content (AvgIpc) is 2.41. The smallest absolute Gasteiger partial charge is 0.122 e. The lowest BCUT2D eigenvalue weighted by Gasteiger charge is -2.15. The molecule has 0 radical (unpaired) electrons. The van der Waals surface area contributed by atoms with Crippen molar-refractivity contribution in [3.05, 3.63) is 29.8 Å². The van der Waals surface area contributed by atoms with Crippen LogP contribution in [-0.4, -0.2) is 43.2 Å². The second-order valence-corrected chi connectivity index (χ2v) is 4.13. The fourth-order valence-corrected chi connectivity index (χ4v) is 1.72. The molecule has 2 N–H and O–H groups in total. The number of aliphatic hydroxyl groups excluding tert-OH is 2. The summed E-state index contributed by atoms with van der Waals surface area (Å²) in [6.45, 7) is 1.64. The Morgan fingerprint density at radius 2 is 1.94 bits per heavy atom. The molecule has 0 atom stereocenters. The van der Waals surface area contributed by atoms with Crippen LogP contribution < -0.4 is 4.74 Å². The Bertz CT molecular complexity index is 321. The van der Waals surface area contributed by atoms with Gasteiger partial charge in [-0.3, -0.25) is 0 Å². The lowest BCUT2D eigenvalue weighted by atomic mass is 10.1. The van der Waals surface area contributed by atoms with Crippen molar-refractivity contribution < 1.29 is 19.7 Å². The summed E-state index contributed by atoms with van der Waals surface area (Å²) in [6, 6.07) is 7.70. The largest absolute Gasteiger partial charge is 0.496 e. The van der Waals surface area contributed by atoms with Gasteiger partial charge in [0.05, 0.1) is 13.2 Å². The molecular weight excluding hydrogens is 232 g/mol. The highest BCUT2D eigenvalue weighted by Crippen LogP contribution is 2.16. The predicted octanol–water partition coefficient (Wildman–Crippen LogP) is 1.39. The van der Waals surface area contributed by atoms with Crippen molar-refractivity contribution in [2.75, 3.05) is 26.9 Å². The van der Waals surface area contributed by atoms with Crippen molar-refractivity contribution in [3.8, 4) is 5.75 Å². The summed E-state index contributed by atoms with van der Waals surface area (Å²) in [5, 5.41) is 17.5. The molecule has 1 aromatic carbocycles. The Hall–Kier alpha value is -1.10. The molecule has 1 aromatic rings. The first-order chi connectivity index (χ1) is 8.77. The normalized spacial score (nSPS) is 15.7. The van der Waals surface area contributed by atoms with Crippen molar-refractivity contribution in [1.82, 2.24) is 0 Å². The third kappa shape index (κ3) is 5.49. The Morgan fingerprint density at radius 1 is 1.28 bits per heavy atom. The first kappa shape index (κ1) is 15.0. The molecule has 0 bridgehead atoms. The van der Waals surface area contributed by atoms with Crippen molar-refractivity contribution in [1.29, 1.82) is 0 Å². The van der Waals surface area contributed by atoms with Gasteiger partial charge in [-0.2, -0.15) is 0 Å². The topological polar surface area (TPSA) is 58.9 Å². The summed E-state index contributed by atoms with van der Waals surface area (Å²) in [6.07, 6.45) is 2.21. The van der Waals surface area contributed by atoms with Gasteiger partial charge in [0, 0.05) is 19.8 Å². The molecule has 1 fully saturated rings. The summed E-state index contributed by atoms with van der Waals surface area (Å²) in [7, 11) is 1.64. The number of aliphatic hydroxyl groups is 2. The molecule has 0 amide bonds. The summed E-state index contributed by atoms with van der Waals surface area (Å²) >= 11 is 0. The first-order valence-corrected chi connectivity index (χ1v) is 6.26. The van der Waals surface area contributed by atoms with E-state index in [1.807, 2.05) is 24.3 Å². The zero-order valence-electron chi connectivity index (χ0n) is 10.8. The summed E-state index contributed by atoms with van der Waals surface area (Å²) in [5.74, 6) is 0.849. The minimum atomic E-state index is -0.0891. The van der Waals surface area contributed by atoms with Gasteiger partial charge >= 0.3 is 0 Å². The molecule has 1 saturated heterocycles. The maximum Gasteiger partial charge on any atom is 0.122 e. The van der Waals surface area contributed by atoms with E-state index in [4.69, 9.17) is 19.7 Å². The molecule has 2 rings (SSSR count). The second kappa shape index (κ2) is 8.91. The van der Waals surface area contributed by atoms with Gasteiger partial charge in [0.15, 0.2) is 0 Å². The Kier molecular flexibility index (Phi) is 7.41. The zero-order chi connectivity index (χ0) is 13.2. The van der Waals surface area contributed by atoms with Crippen molar-refractivity contribution in [2.24, 2.45) is 0 Å². The van der Waals surface area contributed by atoms with Gasteiger partial charge in [-0.15, -0.1) is 0 Å². The Labute approximate surface area is 108 Å². The quantitative estimate of drug-likeness (QED) is 0.855. The van der Waals surface area contributed by atoms with E-state index in [1.165, 1.54) is 0 Å². The number of para-hydroxylation sites is 1. The molecule has 1 aliphatic heterocycles. The van der Waals surface area contributed by atoms with E-state index in [1.54, 1.807) is 7.11 Å². The van der Waals surface area contributed by atoms with Crippen molar-refractivity contribution in [3.63, 3.8) is 0 Å². The summed E-state index contributed by atoms with van der Waals surface area (Å²) in [5.41, 5.74) is 1.05. The summed E-state index contributed by atoms with van der Waals surface area (Å²) in [4.78, 5) is 0. The van der Waals surface area contributed by atoms with Crippen LogP contribution in [0.2, 0.25) is 0 Å². The minimum Gasteiger partial charge on any atom is -0.496 e. The van der Waals surface area contributed by atoms with Crippen LogP contribution in [0, 0.1) is 0 Å². The van der Waals surface area contributed by atoms with E-state index in [0.29, 0.717) is 6.42 Å². The SMILES string of the molecule is COc1ccccc1CCO.OC1CCOCC1. The number of ether oxygens (including phenoxy) is 2. The van der Waals surface area contributed by atoms with Gasteiger partial charge < -0.3 is 19.7 Å².